The molecule has 0 aliphatic heterocycles. The number of benzene rings is 1. The fourth-order valence-electron chi connectivity index (χ4n) is 1.89. The summed E-state index contributed by atoms with van der Waals surface area (Å²) >= 11 is 0. The predicted molar refractivity (Wildman–Crippen MR) is 79.7 cm³/mol. The van der Waals surface area contributed by atoms with Crippen molar-refractivity contribution in [2.75, 3.05) is 11.3 Å². The monoisotopic (exact) mass is 308 g/mol. The van der Waals surface area contributed by atoms with Gasteiger partial charge in [0.15, 0.2) is 4.90 Å². The van der Waals surface area contributed by atoms with E-state index in [4.69, 9.17) is 5.11 Å². The highest BCUT2D eigenvalue weighted by Gasteiger charge is 2.17. The maximum atomic E-state index is 12.2. The van der Waals surface area contributed by atoms with Gasteiger partial charge in [-0.15, -0.1) is 0 Å². The number of aromatic nitrogens is 1. The molecule has 0 spiro atoms. The first kappa shape index (κ1) is 15.3. The number of anilines is 1. The molecule has 0 aliphatic carbocycles. The molecule has 0 fully saturated rings. The van der Waals surface area contributed by atoms with Crippen molar-refractivity contribution in [3.63, 3.8) is 0 Å². The number of pyridine rings is 1. The number of H-pyrrole nitrogens is 1. The molecular weight excluding hydrogens is 292 g/mol. The molecule has 0 amide bonds. The Morgan fingerprint density at radius 3 is 2.76 bits per heavy atom. The normalized spacial score (nSPS) is 11.3. The summed E-state index contributed by atoms with van der Waals surface area (Å²) in [5.74, 6) is 0. The van der Waals surface area contributed by atoms with E-state index < -0.39 is 15.5 Å². The van der Waals surface area contributed by atoms with Crippen LogP contribution < -0.4 is 10.2 Å². The first-order valence-corrected chi connectivity index (χ1v) is 7.91. The van der Waals surface area contributed by atoms with Crippen LogP contribution in [0.2, 0.25) is 0 Å². The maximum absolute atomic E-state index is 12.2. The van der Waals surface area contributed by atoms with Gasteiger partial charge in [0, 0.05) is 30.8 Å². The Kier molecular flexibility index (Phi) is 4.77. The summed E-state index contributed by atoms with van der Waals surface area (Å²) < 4.78 is 26.7. The summed E-state index contributed by atoms with van der Waals surface area (Å²) in [5.41, 5.74) is 0.720. The molecule has 0 unspecified atom stereocenters. The van der Waals surface area contributed by atoms with Gasteiger partial charge in [0.2, 0.25) is 5.43 Å². The van der Waals surface area contributed by atoms with Crippen LogP contribution in [0.1, 0.15) is 12.0 Å². The lowest BCUT2D eigenvalue weighted by Crippen LogP contribution is -2.20. The summed E-state index contributed by atoms with van der Waals surface area (Å²) in [6, 6.07) is 8.02. The highest BCUT2D eigenvalue weighted by molar-refractivity contribution is 7.92. The van der Waals surface area contributed by atoms with E-state index in [9.17, 15) is 13.2 Å². The van der Waals surface area contributed by atoms with Gasteiger partial charge in [0.25, 0.3) is 10.0 Å². The van der Waals surface area contributed by atoms with Crippen molar-refractivity contribution in [3.05, 3.63) is 58.5 Å². The standard InChI is InChI=1S/C14H16N2O4S/c17-8-2-4-11-3-1-5-12(9-11)16-21(19,20)14-10-15-7-6-13(14)18/h1,3,5-7,9-10,16-17H,2,4,8H2,(H,15,18). The van der Waals surface area contributed by atoms with Crippen LogP contribution >= 0.6 is 0 Å². The Morgan fingerprint density at radius 2 is 2.05 bits per heavy atom. The predicted octanol–water partition coefficient (Wildman–Crippen LogP) is 1.10. The van der Waals surface area contributed by atoms with E-state index in [2.05, 4.69) is 9.71 Å². The van der Waals surface area contributed by atoms with Gasteiger partial charge in [-0.25, -0.2) is 8.42 Å². The van der Waals surface area contributed by atoms with E-state index in [-0.39, 0.29) is 11.5 Å². The first-order valence-electron chi connectivity index (χ1n) is 6.42. The molecule has 1 aromatic carbocycles. The zero-order valence-electron chi connectivity index (χ0n) is 11.2. The number of sulfonamides is 1. The van der Waals surface area contributed by atoms with Crippen LogP contribution in [-0.2, 0) is 16.4 Å². The number of hydrogen-bond acceptors (Lipinski definition) is 4. The number of aryl methyl sites for hydroxylation is 1. The van der Waals surface area contributed by atoms with Gasteiger partial charge in [-0.2, -0.15) is 0 Å². The van der Waals surface area contributed by atoms with E-state index in [1.54, 1.807) is 18.2 Å². The largest absolute Gasteiger partial charge is 0.396 e. The van der Waals surface area contributed by atoms with Crippen LogP contribution in [0.25, 0.3) is 0 Å². The van der Waals surface area contributed by atoms with Gasteiger partial charge in [-0.1, -0.05) is 12.1 Å². The molecule has 2 aromatic rings. The van der Waals surface area contributed by atoms with Crippen molar-refractivity contribution >= 4 is 15.7 Å². The first-order chi connectivity index (χ1) is 10.0. The minimum atomic E-state index is -3.92. The number of rotatable bonds is 6. The molecule has 1 heterocycles. The zero-order chi connectivity index (χ0) is 15.3. The van der Waals surface area contributed by atoms with Crippen LogP contribution in [0, 0.1) is 0 Å². The van der Waals surface area contributed by atoms with Gasteiger partial charge in [-0.05, 0) is 30.5 Å². The second-order valence-electron chi connectivity index (χ2n) is 4.51. The summed E-state index contributed by atoms with van der Waals surface area (Å²) in [5, 5.41) is 8.81. The van der Waals surface area contributed by atoms with Gasteiger partial charge in [0.05, 0.1) is 0 Å². The summed E-state index contributed by atoms with van der Waals surface area (Å²) in [7, 11) is -3.92. The Morgan fingerprint density at radius 1 is 1.24 bits per heavy atom. The Balaban J connectivity index is 2.25. The quantitative estimate of drug-likeness (QED) is 0.744. The smallest absolute Gasteiger partial charge is 0.267 e. The van der Waals surface area contributed by atoms with E-state index in [1.807, 2.05) is 6.07 Å². The van der Waals surface area contributed by atoms with Crippen LogP contribution in [0.5, 0.6) is 0 Å². The Labute approximate surface area is 122 Å². The molecule has 0 saturated heterocycles. The van der Waals surface area contributed by atoms with Crippen molar-refractivity contribution in [1.82, 2.24) is 4.98 Å². The summed E-state index contributed by atoms with van der Waals surface area (Å²) in [4.78, 5) is 13.9. The van der Waals surface area contributed by atoms with E-state index in [0.29, 0.717) is 18.5 Å². The van der Waals surface area contributed by atoms with Gasteiger partial charge in [-0.3, -0.25) is 9.52 Å². The van der Waals surface area contributed by atoms with Gasteiger partial charge < -0.3 is 10.1 Å². The molecule has 0 aliphatic rings. The molecule has 112 valence electrons. The number of aliphatic hydroxyl groups is 1. The topological polar surface area (TPSA) is 99.3 Å². The van der Waals surface area contributed by atoms with Crippen LogP contribution in [0.15, 0.2) is 52.4 Å². The third-order valence-electron chi connectivity index (χ3n) is 2.88. The number of hydrogen-bond donors (Lipinski definition) is 3. The second-order valence-corrected chi connectivity index (χ2v) is 6.16. The molecule has 7 heteroatoms. The molecule has 0 bridgehead atoms. The van der Waals surface area contributed by atoms with Crippen molar-refractivity contribution < 1.29 is 13.5 Å². The second kappa shape index (κ2) is 6.55. The molecule has 2 rings (SSSR count). The highest BCUT2D eigenvalue weighted by Crippen LogP contribution is 2.16. The molecule has 21 heavy (non-hydrogen) atoms. The maximum Gasteiger partial charge on any atom is 0.267 e. The van der Waals surface area contributed by atoms with Crippen molar-refractivity contribution in [1.29, 1.82) is 0 Å². The third kappa shape index (κ3) is 3.93. The lowest BCUT2D eigenvalue weighted by atomic mass is 10.1. The molecule has 1 aromatic heterocycles. The van der Waals surface area contributed by atoms with Crippen molar-refractivity contribution in [2.24, 2.45) is 0 Å². The van der Waals surface area contributed by atoms with Crippen molar-refractivity contribution in [2.45, 2.75) is 17.7 Å². The molecule has 6 nitrogen and oxygen atoms in total. The average molecular weight is 308 g/mol. The van der Waals surface area contributed by atoms with Crippen molar-refractivity contribution in [3.8, 4) is 0 Å². The molecule has 0 radical (unpaired) electrons. The number of aliphatic hydroxyl groups excluding tert-OH is 1. The summed E-state index contributed by atoms with van der Waals surface area (Å²) in [6.45, 7) is 0.0787. The van der Waals surface area contributed by atoms with Crippen LogP contribution in [-0.4, -0.2) is 25.1 Å². The van der Waals surface area contributed by atoms with Crippen LogP contribution in [0.3, 0.4) is 0 Å². The number of nitrogens with one attached hydrogen (secondary N) is 2. The van der Waals surface area contributed by atoms with Crippen LogP contribution in [0.4, 0.5) is 5.69 Å². The molecule has 0 atom stereocenters. The number of aromatic amines is 1. The Bertz CT molecular complexity index is 768. The van der Waals surface area contributed by atoms with E-state index in [1.165, 1.54) is 6.20 Å². The molecule has 0 saturated carbocycles. The lowest BCUT2D eigenvalue weighted by Gasteiger charge is -2.09. The Hall–Kier alpha value is -2.12. The third-order valence-corrected chi connectivity index (χ3v) is 4.28. The average Bonchev–Trinajstić information content (AvgIpc) is 2.45. The summed E-state index contributed by atoms with van der Waals surface area (Å²) in [6.07, 6.45) is 3.78. The fraction of sp³-hybridized carbons (Fsp3) is 0.214. The molecule has 3 N–H and O–H groups in total. The highest BCUT2D eigenvalue weighted by atomic mass is 32.2. The minimum Gasteiger partial charge on any atom is -0.396 e. The van der Waals surface area contributed by atoms with Gasteiger partial charge >= 0.3 is 0 Å². The fourth-order valence-corrected chi connectivity index (χ4v) is 3.00. The molecular formula is C14H16N2O4S. The minimum absolute atomic E-state index is 0.0787. The van der Waals surface area contributed by atoms with Gasteiger partial charge in [0.1, 0.15) is 0 Å². The van der Waals surface area contributed by atoms with E-state index >= 15 is 0 Å². The zero-order valence-corrected chi connectivity index (χ0v) is 12.1. The SMILES string of the molecule is O=c1cc[nH]cc1S(=O)(=O)Nc1cccc(CCCO)c1. The lowest BCUT2D eigenvalue weighted by molar-refractivity contribution is 0.288. The van der Waals surface area contributed by atoms with E-state index in [0.717, 1.165) is 17.8 Å².